The molecule has 0 spiro atoms. The molecule has 8 heterocycles. The number of ether oxygens (including phenoxy) is 4. The molecule has 384 valence electrons. The van der Waals surface area contributed by atoms with Crippen molar-refractivity contribution in [1.82, 2.24) is 34.2 Å². The smallest absolute Gasteiger partial charge is 0.415 e. The van der Waals surface area contributed by atoms with Crippen LogP contribution in [0.25, 0.3) is 33.2 Å². The number of piperidine rings is 3. The van der Waals surface area contributed by atoms with Gasteiger partial charge in [0.25, 0.3) is 5.56 Å². The molecule has 73 heavy (non-hydrogen) atoms. The fourth-order valence-corrected chi connectivity index (χ4v) is 11.4. The molecule has 5 aliphatic rings. The molecule has 0 bridgehead atoms. The Hall–Kier alpha value is -6.21. The molecular formula is C55H62BrFN8O8. The van der Waals surface area contributed by atoms with Crippen molar-refractivity contribution in [2.45, 2.75) is 96.4 Å². The highest BCUT2D eigenvalue weighted by atomic mass is 79.9. The predicted octanol–water partition coefficient (Wildman–Crippen LogP) is 9.10. The van der Waals surface area contributed by atoms with Crippen molar-refractivity contribution in [3.8, 4) is 28.6 Å². The number of rotatable bonds is 10. The monoisotopic (exact) mass is 1060 g/mol. The Labute approximate surface area is 431 Å². The number of esters is 1. The van der Waals surface area contributed by atoms with Crippen LogP contribution in [0.5, 0.6) is 17.2 Å². The lowest BCUT2D eigenvalue weighted by molar-refractivity contribution is -0.172. The van der Waals surface area contributed by atoms with Gasteiger partial charge in [-0.3, -0.25) is 4.79 Å². The summed E-state index contributed by atoms with van der Waals surface area (Å²) >= 11 is 3.27. The van der Waals surface area contributed by atoms with Crippen molar-refractivity contribution >= 4 is 61.3 Å². The first-order chi connectivity index (χ1) is 35.3. The highest BCUT2D eigenvalue weighted by Crippen LogP contribution is 2.41. The summed E-state index contributed by atoms with van der Waals surface area (Å²) in [6, 6.07) is 16.3. The first-order valence-electron chi connectivity index (χ1n) is 25.5. The van der Waals surface area contributed by atoms with Crippen molar-refractivity contribution in [3.63, 3.8) is 0 Å². The van der Waals surface area contributed by atoms with Gasteiger partial charge in [0.1, 0.15) is 30.3 Å². The summed E-state index contributed by atoms with van der Waals surface area (Å²) in [7, 11) is 3.75. The topological polar surface area (TPSA) is 174 Å². The summed E-state index contributed by atoms with van der Waals surface area (Å²) in [5.41, 5.74) is 3.42. The summed E-state index contributed by atoms with van der Waals surface area (Å²) in [6.45, 7) is 10.5. The van der Waals surface area contributed by atoms with Crippen LogP contribution in [0.15, 0.2) is 70.2 Å². The third-order valence-electron chi connectivity index (χ3n) is 15.4. The highest BCUT2D eigenvalue weighted by Gasteiger charge is 2.45. The number of fused-ring (bicyclic) bond motifs is 6. The molecule has 1 amide bonds. The minimum absolute atomic E-state index is 0.0951. The van der Waals surface area contributed by atoms with Crippen molar-refractivity contribution in [1.29, 1.82) is 0 Å². The van der Waals surface area contributed by atoms with Gasteiger partial charge in [0.15, 0.2) is 17.1 Å². The molecule has 6 aromatic rings. The average Bonchev–Trinajstić information content (AvgIpc) is 3.78. The zero-order valence-corrected chi connectivity index (χ0v) is 43.4. The minimum atomic E-state index is -1.86. The van der Waals surface area contributed by atoms with E-state index in [9.17, 15) is 23.9 Å². The van der Waals surface area contributed by atoms with E-state index in [0.29, 0.717) is 106 Å². The minimum Gasteiger partial charge on any atom is -0.493 e. The molecule has 3 saturated heterocycles. The van der Waals surface area contributed by atoms with Gasteiger partial charge in [-0.2, -0.15) is 0 Å². The third-order valence-corrected chi connectivity index (χ3v) is 15.9. The van der Waals surface area contributed by atoms with Crippen LogP contribution in [-0.2, 0) is 34.7 Å². The largest absolute Gasteiger partial charge is 0.493 e. The highest BCUT2D eigenvalue weighted by molar-refractivity contribution is 9.10. The number of likely N-dealkylation sites (tertiary alicyclic amines) is 3. The molecule has 16 nitrogen and oxygen atoms in total. The second kappa shape index (κ2) is 21.3. The van der Waals surface area contributed by atoms with E-state index in [4.69, 9.17) is 23.9 Å². The first kappa shape index (κ1) is 50.3. The van der Waals surface area contributed by atoms with Crippen molar-refractivity contribution in [2.24, 2.45) is 5.92 Å². The lowest BCUT2D eigenvalue weighted by Crippen LogP contribution is -2.48. The summed E-state index contributed by atoms with van der Waals surface area (Å²) in [4.78, 5) is 59.5. The third kappa shape index (κ3) is 10.1. The fourth-order valence-electron chi connectivity index (χ4n) is 11.1. The van der Waals surface area contributed by atoms with Gasteiger partial charge in [-0.1, -0.05) is 36.2 Å². The second-order valence-electron chi connectivity index (χ2n) is 19.8. The molecule has 5 aliphatic heterocycles. The maximum Gasteiger partial charge on any atom is 0.415 e. The lowest BCUT2D eigenvalue weighted by atomic mass is 9.86. The molecule has 11 rings (SSSR count). The Kier molecular flexibility index (Phi) is 14.7. The number of hydrogen-bond acceptors (Lipinski definition) is 14. The van der Waals surface area contributed by atoms with Gasteiger partial charge in [0, 0.05) is 51.6 Å². The average molecular weight is 1060 g/mol. The molecule has 0 radical (unpaired) electrons. The van der Waals surface area contributed by atoms with E-state index < -0.39 is 11.6 Å². The molecule has 0 aliphatic carbocycles. The number of hydrogen-bond donors (Lipinski definition) is 2. The van der Waals surface area contributed by atoms with Crippen LogP contribution in [0.3, 0.4) is 0 Å². The van der Waals surface area contributed by atoms with Gasteiger partial charge in [0.2, 0.25) is 0 Å². The van der Waals surface area contributed by atoms with E-state index >= 15 is 0 Å². The van der Waals surface area contributed by atoms with Gasteiger partial charge in [-0.15, -0.1) is 0 Å². The molecule has 1 atom stereocenters. The van der Waals surface area contributed by atoms with E-state index in [1.165, 1.54) is 44.7 Å². The Balaban J connectivity index is 0.000000179. The number of aliphatic hydroxyl groups is 1. The maximum absolute atomic E-state index is 14.3. The summed E-state index contributed by atoms with van der Waals surface area (Å²) < 4.78 is 39.3. The van der Waals surface area contributed by atoms with Crippen LogP contribution >= 0.6 is 15.9 Å². The van der Waals surface area contributed by atoms with E-state index in [0.717, 1.165) is 66.2 Å². The lowest BCUT2D eigenvalue weighted by Gasteiger charge is -2.39. The Morgan fingerprint density at radius 1 is 0.904 bits per heavy atom. The van der Waals surface area contributed by atoms with E-state index in [1.54, 1.807) is 42.9 Å². The number of carbonyl (C=O) groups is 2. The number of amides is 1. The first-order valence-corrected chi connectivity index (χ1v) is 26.3. The molecule has 3 fully saturated rings. The van der Waals surface area contributed by atoms with Crippen LogP contribution < -0.4 is 25.1 Å². The van der Waals surface area contributed by atoms with Crippen molar-refractivity contribution in [2.75, 3.05) is 65.3 Å². The molecule has 3 aromatic heterocycles. The van der Waals surface area contributed by atoms with Crippen molar-refractivity contribution < 1.29 is 38.0 Å². The van der Waals surface area contributed by atoms with Crippen LogP contribution in [0, 0.1) is 11.7 Å². The van der Waals surface area contributed by atoms with Crippen LogP contribution in [0.1, 0.15) is 87.5 Å². The molecule has 2 N–H and O–H groups in total. The maximum atomic E-state index is 14.3. The van der Waals surface area contributed by atoms with Gasteiger partial charge in [-0.25, -0.2) is 28.9 Å². The van der Waals surface area contributed by atoms with E-state index in [2.05, 4.69) is 55.0 Å². The van der Waals surface area contributed by atoms with E-state index in [-0.39, 0.29) is 30.5 Å². The van der Waals surface area contributed by atoms with Gasteiger partial charge < -0.3 is 48.6 Å². The molecule has 18 heteroatoms. The molecule has 0 saturated carbocycles. The van der Waals surface area contributed by atoms with Gasteiger partial charge in [0.05, 0.1) is 53.9 Å². The Bertz CT molecular complexity index is 3130. The normalized spacial score (nSPS) is 19.4. The second-order valence-corrected chi connectivity index (χ2v) is 20.7. The summed E-state index contributed by atoms with van der Waals surface area (Å²) in [6.07, 6.45) is 9.97. The number of aryl methyl sites for hydroxylation is 1. The quantitative estimate of drug-likeness (QED) is 0.124. The fraction of sp³-hybridized carbons (Fsp3) is 0.455. The number of methoxy groups -OCH3 is 1. The number of benzene rings is 3. The van der Waals surface area contributed by atoms with Crippen LogP contribution in [0.4, 0.5) is 20.7 Å². The summed E-state index contributed by atoms with van der Waals surface area (Å²) in [5.74, 6) is 1.65. The molecule has 0 unspecified atom stereocenters. The van der Waals surface area contributed by atoms with Gasteiger partial charge in [-0.05, 0) is 145 Å². The zero-order chi connectivity index (χ0) is 51.0. The zero-order valence-electron chi connectivity index (χ0n) is 41.8. The van der Waals surface area contributed by atoms with Crippen LogP contribution in [0.2, 0.25) is 0 Å². The molecular weight excluding hydrogens is 1000 g/mol. The SMILES string of the molecule is CCc1c2c(nc3ccc(OC(=O)N4CCC(N5CCCCC5)CC4)cc13)-c1cc3c(c(=O)n1C2)COC(=O)[C@]3(O)CC.COc1cc2c(Nc3ccc(Br)cc3F)ncnc2cc1OCC1CCN(C)CC1. The standard InChI is InChI=1S/C33H38N4O6.C22H24BrFN4O2/c1-3-22-23-16-21(43-32(40)36-14-10-20(11-15-36)35-12-6-5-7-13-35)8-9-27(23)34-29-24(22)18-37-28(29)17-26-25(30(37)38)19-42-31(39)33(26,41)4-2;1-28-7-5-14(6-8-28)12-30-21-11-19-16(10-20(21)29-2)22(26-13-25-19)27-18-4-3-15(23)9-17(18)24/h8-9,16-17,20,41H,3-7,10-15,18-19H2,1-2H3;3-4,9-11,13-14H,5-8,12H2,1-2H3,(H,25,26,27)/t33-;/m0./s1. The number of aromatic nitrogens is 4. The molecule has 3 aromatic carbocycles. The number of cyclic esters (lactones) is 1. The number of carbonyl (C=O) groups excluding carboxylic acids is 2. The number of halogens is 2. The van der Waals surface area contributed by atoms with Crippen LogP contribution in [-0.4, -0.2) is 117 Å². The number of nitrogens with one attached hydrogen (secondary N) is 1. The van der Waals surface area contributed by atoms with Gasteiger partial charge >= 0.3 is 12.1 Å². The van der Waals surface area contributed by atoms with Crippen molar-refractivity contribution in [3.05, 3.63) is 104 Å². The van der Waals surface area contributed by atoms with E-state index in [1.807, 2.05) is 29.2 Å². The number of anilines is 2. The summed E-state index contributed by atoms with van der Waals surface area (Å²) in [5, 5.41) is 15.8. The number of pyridine rings is 2. The number of nitrogens with zero attached hydrogens (tertiary/aromatic N) is 7. The Morgan fingerprint density at radius 2 is 1.68 bits per heavy atom. The predicted molar refractivity (Wildman–Crippen MR) is 279 cm³/mol. The Morgan fingerprint density at radius 3 is 2.41 bits per heavy atom.